The first-order valence-corrected chi connectivity index (χ1v) is 13.9. The number of amides is 1. The lowest BCUT2D eigenvalue weighted by Crippen LogP contribution is -2.35. The summed E-state index contributed by atoms with van der Waals surface area (Å²) in [7, 11) is 1.35. The molecule has 2 aromatic heterocycles. The number of methoxy groups -OCH3 is 1. The Hall–Kier alpha value is -3.96. The minimum absolute atomic E-state index is 0.104. The Morgan fingerprint density at radius 1 is 1.23 bits per heavy atom. The molecule has 3 heterocycles. The number of anilines is 2. The molecule has 0 radical (unpaired) electrons. The van der Waals surface area contributed by atoms with E-state index >= 15 is 0 Å². The summed E-state index contributed by atoms with van der Waals surface area (Å²) >= 11 is 7.94. The average Bonchev–Trinajstić information content (AvgIpc) is 3.66. The minimum Gasteiger partial charge on any atom is -0.469 e. The number of ether oxygens (including phenoxy) is 2. The van der Waals surface area contributed by atoms with E-state index in [1.807, 2.05) is 30.3 Å². The van der Waals surface area contributed by atoms with Crippen LogP contribution in [0.25, 0.3) is 11.1 Å². The van der Waals surface area contributed by atoms with Gasteiger partial charge in [0, 0.05) is 31.0 Å². The molecule has 5 rings (SSSR count). The molecule has 4 aromatic rings. The summed E-state index contributed by atoms with van der Waals surface area (Å²) in [5, 5.41) is 4.16. The lowest BCUT2D eigenvalue weighted by molar-refractivity contribution is -0.149. The van der Waals surface area contributed by atoms with Crippen molar-refractivity contribution in [2.24, 2.45) is 0 Å². The van der Waals surface area contributed by atoms with Crippen LogP contribution >= 0.6 is 22.9 Å². The van der Waals surface area contributed by atoms with Crippen LogP contribution in [0.3, 0.4) is 0 Å². The number of carbonyl (C=O) groups excluding carboxylic acids is 3. The number of esters is 2. The fraction of sp³-hybridized carbons (Fsp3) is 0.321. The molecule has 1 aliphatic rings. The Morgan fingerprint density at radius 2 is 2.05 bits per heavy atom. The second kappa shape index (κ2) is 12.1. The monoisotopic (exact) mass is 582 g/mol. The van der Waals surface area contributed by atoms with E-state index in [2.05, 4.69) is 15.3 Å². The van der Waals surface area contributed by atoms with Gasteiger partial charge in [-0.2, -0.15) is 4.98 Å². The van der Waals surface area contributed by atoms with Gasteiger partial charge in [0.1, 0.15) is 22.7 Å². The highest BCUT2D eigenvalue weighted by Gasteiger charge is 2.41. The van der Waals surface area contributed by atoms with Gasteiger partial charge in [0.15, 0.2) is 5.58 Å². The van der Waals surface area contributed by atoms with Crippen molar-refractivity contribution in [2.75, 3.05) is 19.0 Å². The standard InChI is InChI=1S/C28H27ClN4O6S/c1-16(34)38-23-11-12-33(26(23)27-30-15-18(40-27)8-10-25(36)37-2)24(35)14-17-7-9-20(19(29)13-17)31-28-32-21-5-3-4-6-22(21)39-28/h3-7,9,13,15,23,26H,8,10-12,14H2,1-2H3,(H,31,32)/t23-,26-/m0/s1. The topological polar surface area (TPSA) is 124 Å². The lowest BCUT2D eigenvalue weighted by atomic mass is 10.1. The number of halogens is 1. The lowest BCUT2D eigenvalue weighted by Gasteiger charge is -2.26. The van der Waals surface area contributed by atoms with E-state index in [0.717, 1.165) is 16.0 Å². The normalized spacial score (nSPS) is 16.7. The molecule has 1 N–H and O–H groups in total. The number of hydrogen-bond acceptors (Lipinski definition) is 10. The van der Waals surface area contributed by atoms with Gasteiger partial charge in [0.05, 0.1) is 30.7 Å². The molecule has 0 aliphatic carbocycles. The molecule has 0 bridgehead atoms. The molecule has 0 spiro atoms. The highest BCUT2D eigenvalue weighted by molar-refractivity contribution is 7.11. The maximum Gasteiger partial charge on any atom is 0.305 e. The van der Waals surface area contributed by atoms with E-state index in [4.69, 9.17) is 25.5 Å². The first kappa shape index (κ1) is 27.6. The molecule has 2 atom stereocenters. The molecule has 10 nitrogen and oxygen atoms in total. The Morgan fingerprint density at radius 3 is 2.80 bits per heavy atom. The molecular weight excluding hydrogens is 556 g/mol. The summed E-state index contributed by atoms with van der Waals surface area (Å²) < 4.78 is 16.0. The third-order valence-electron chi connectivity index (χ3n) is 6.53. The van der Waals surface area contributed by atoms with Crippen molar-refractivity contribution >= 4 is 63.6 Å². The molecule has 12 heteroatoms. The Labute approximate surface area is 239 Å². The van der Waals surface area contributed by atoms with Crippen LogP contribution in [0.2, 0.25) is 5.02 Å². The average molecular weight is 583 g/mol. The number of rotatable bonds is 9. The summed E-state index contributed by atoms with van der Waals surface area (Å²) in [6, 6.07) is 12.6. The van der Waals surface area contributed by atoms with Gasteiger partial charge in [-0.15, -0.1) is 11.3 Å². The van der Waals surface area contributed by atoms with E-state index in [1.54, 1.807) is 23.2 Å². The number of aryl methyl sites for hydroxylation is 1. The number of para-hydroxylation sites is 2. The summed E-state index contributed by atoms with van der Waals surface area (Å²) in [5.41, 5.74) is 2.71. The van der Waals surface area contributed by atoms with Crippen LogP contribution < -0.4 is 5.32 Å². The number of nitrogens with one attached hydrogen (secondary N) is 1. The van der Waals surface area contributed by atoms with E-state index in [1.165, 1.54) is 25.4 Å². The fourth-order valence-corrected chi connectivity index (χ4v) is 6.00. The number of thiazole rings is 1. The first-order chi connectivity index (χ1) is 19.3. The van der Waals surface area contributed by atoms with E-state index < -0.39 is 18.1 Å². The summed E-state index contributed by atoms with van der Waals surface area (Å²) in [4.78, 5) is 48.3. The molecule has 208 valence electrons. The van der Waals surface area contributed by atoms with Gasteiger partial charge in [0.25, 0.3) is 6.01 Å². The number of hydrogen-bond donors (Lipinski definition) is 1. The summed E-state index contributed by atoms with van der Waals surface area (Å²) in [6.45, 7) is 1.77. The maximum absolute atomic E-state index is 13.5. The molecule has 40 heavy (non-hydrogen) atoms. The van der Waals surface area contributed by atoms with Crippen LogP contribution in [-0.4, -0.2) is 52.5 Å². The van der Waals surface area contributed by atoms with Crippen molar-refractivity contribution in [3.63, 3.8) is 0 Å². The minimum atomic E-state index is -0.510. The zero-order valence-electron chi connectivity index (χ0n) is 21.9. The number of likely N-dealkylation sites (tertiary alicyclic amines) is 1. The third kappa shape index (κ3) is 6.26. The van der Waals surface area contributed by atoms with Crippen molar-refractivity contribution in [3.8, 4) is 0 Å². The Kier molecular flexibility index (Phi) is 8.32. The van der Waals surface area contributed by atoms with E-state index in [-0.39, 0.29) is 24.7 Å². The van der Waals surface area contributed by atoms with Gasteiger partial charge in [-0.05, 0) is 36.2 Å². The molecule has 0 saturated carbocycles. The second-order valence-corrected chi connectivity index (χ2v) is 10.9. The highest BCUT2D eigenvalue weighted by Crippen LogP contribution is 2.37. The molecule has 1 saturated heterocycles. The van der Waals surface area contributed by atoms with Crippen molar-refractivity contribution in [2.45, 2.75) is 44.8 Å². The number of nitrogens with zero attached hydrogens (tertiary/aromatic N) is 3. The van der Waals surface area contributed by atoms with Crippen LogP contribution in [0.15, 0.2) is 53.1 Å². The summed E-state index contributed by atoms with van der Waals surface area (Å²) in [5.74, 6) is -0.860. The highest BCUT2D eigenvalue weighted by atomic mass is 35.5. The zero-order chi connectivity index (χ0) is 28.2. The van der Waals surface area contributed by atoms with Gasteiger partial charge in [0.2, 0.25) is 5.91 Å². The smallest absolute Gasteiger partial charge is 0.305 e. The molecule has 1 amide bonds. The van der Waals surface area contributed by atoms with Crippen LogP contribution in [0.1, 0.15) is 41.3 Å². The zero-order valence-corrected chi connectivity index (χ0v) is 23.5. The van der Waals surface area contributed by atoms with E-state index in [0.29, 0.717) is 46.7 Å². The van der Waals surface area contributed by atoms with Crippen molar-refractivity contribution in [3.05, 3.63) is 69.1 Å². The first-order valence-electron chi connectivity index (χ1n) is 12.7. The van der Waals surface area contributed by atoms with Gasteiger partial charge < -0.3 is 24.1 Å². The summed E-state index contributed by atoms with van der Waals surface area (Å²) in [6.07, 6.45) is 2.50. The SMILES string of the molecule is COC(=O)CCc1cnc([C@@H]2[C@@H](OC(C)=O)CCN2C(=O)Cc2ccc(Nc3nc4ccccc4o3)c(Cl)c2)s1. The van der Waals surface area contributed by atoms with Gasteiger partial charge in [-0.25, -0.2) is 4.98 Å². The number of fused-ring (bicyclic) bond motifs is 1. The quantitative estimate of drug-likeness (QED) is 0.264. The van der Waals surface area contributed by atoms with Crippen LogP contribution in [0.4, 0.5) is 11.7 Å². The Balaban J connectivity index is 1.29. The van der Waals surface area contributed by atoms with Crippen LogP contribution in [0, 0.1) is 0 Å². The third-order valence-corrected chi connectivity index (χ3v) is 7.97. The molecule has 2 aromatic carbocycles. The number of aromatic nitrogens is 2. The molecule has 0 unspecified atom stereocenters. The van der Waals surface area contributed by atoms with E-state index in [9.17, 15) is 14.4 Å². The molecule has 1 fully saturated rings. The van der Waals surface area contributed by atoms with Crippen LogP contribution in [0.5, 0.6) is 0 Å². The van der Waals surface area contributed by atoms with Crippen molar-refractivity contribution in [1.29, 1.82) is 0 Å². The predicted molar refractivity (Wildman–Crippen MR) is 150 cm³/mol. The number of carbonyl (C=O) groups is 3. The number of benzene rings is 2. The molecule has 1 aliphatic heterocycles. The van der Waals surface area contributed by atoms with Gasteiger partial charge in [-0.1, -0.05) is 29.8 Å². The number of oxazole rings is 1. The van der Waals surface area contributed by atoms with Crippen LogP contribution in [-0.2, 0) is 36.7 Å². The second-order valence-electron chi connectivity index (χ2n) is 9.31. The maximum atomic E-state index is 13.5. The Bertz CT molecular complexity index is 1520. The van der Waals surface area contributed by atoms with Crippen molar-refractivity contribution in [1.82, 2.24) is 14.9 Å². The largest absolute Gasteiger partial charge is 0.469 e. The molecular formula is C28H27ClN4O6S. The fourth-order valence-electron chi connectivity index (χ4n) is 4.66. The van der Waals surface area contributed by atoms with Crippen molar-refractivity contribution < 1.29 is 28.3 Å². The van der Waals surface area contributed by atoms with Gasteiger partial charge in [-0.3, -0.25) is 14.4 Å². The van der Waals surface area contributed by atoms with Gasteiger partial charge >= 0.3 is 11.9 Å². The predicted octanol–water partition coefficient (Wildman–Crippen LogP) is 5.23.